The molecule has 0 fully saturated rings. The second-order valence-electron chi connectivity index (χ2n) is 12.1. The van der Waals surface area contributed by atoms with Crippen molar-refractivity contribution in [2.24, 2.45) is 0 Å². The zero-order valence-corrected chi connectivity index (χ0v) is 24.4. The van der Waals surface area contributed by atoms with Gasteiger partial charge in [0, 0.05) is 52.7 Å². The molecule has 0 aliphatic carbocycles. The Bertz CT molecular complexity index is 2150. The van der Waals surface area contributed by atoms with Gasteiger partial charge >= 0.3 is 0 Å². The molecule has 0 N–H and O–H groups in total. The summed E-state index contributed by atoms with van der Waals surface area (Å²) in [6.07, 6.45) is 5.80. The first-order valence-electron chi connectivity index (χ1n) is 14.6. The van der Waals surface area contributed by atoms with Crippen LogP contribution in [0.4, 0.5) is 11.4 Å². The quantitative estimate of drug-likeness (QED) is 0.215. The summed E-state index contributed by atoms with van der Waals surface area (Å²) < 4.78 is 11.0. The molecule has 0 spiro atoms. The molecular formula is C37H31N5O. The van der Waals surface area contributed by atoms with Crippen molar-refractivity contribution >= 4 is 33.2 Å². The molecular weight excluding hydrogens is 530 g/mol. The topological polar surface area (TPSA) is 48.1 Å². The first kappa shape index (κ1) is 25.4. The highest BCUT2D eigenvalue weighted by molar-refractivity contribution is 6.09. The van der Waals surface area contributed by atoms with E-state index in [0.29, 0.717) is 6.67 Å². The van der Waals surface area contributed by atoms with E-state index in [4.69, 9.17) is 9.72 Å². The maximum atomic E-state index is 6.55. The molecule has 0 saturated carbocycles. The van der Waals surface area contributed by atoms with E-state index in [1.807, 2.05) is 30.7 Å². The highest BCUT2D eigenvalue weighted by Crippen LogP contribution is 2.41. The van der Waals surface area contributed by atoms with Crippen molar-refractivity contribution in [3.05, 3.63) is 127 Å². The van der Waals surface area contributed by atoms with Gasteiger partial charge in [-0.05, 0) is 65.6 Å². The van der Waals surface area contributed by atoms with Gasteiger partial charge < -0.3 is 14.2 Å². The molecule has 6 nitrogen and oxygen atoms in total. The molecule has 0 saturated heterocycles. The minimum Gasteiger partial charge on any atom is -0.457 e. The fraction of sp³-hybridized carbons (Fsp3) is 0.135. The third kappa shape index (κ3) is 4.26. The summed E-state index contributed by atoms with van der Waals surface area (Å²) in [7, 11) is 0. The van der Waals surface area contributed by atoms with Gasteiger partial charge in [0.15, 0.2) is 0 Å². The Balaban J connectivity index is 1.19. The van der Waals surface area contributed by atoms with Gasteiger partial charge in [0.25, 0.3) is 0 Å². The normalized spacial score (nSPS) is 12.9. The number of para-hydroxylation sites is 2. The van der Waals surface area contributed by atoms with E-state index in [9.17, 15) is 0 Å². The fourth-order valence-electron chi connectivity index (χ4n) is 6.13. The summed E-state index contributed by atoms with van der Waals surface area (Å²) in [6.45, 7) is 7.38. The number of anilines is 2. The molecule has 210 valence electrons. The Labute approximate surface area is 250 Å². The average molecular weight is 562 g/mol. The second-order valence-corrected chi connectivity index (χ2v) is 12.1. The van der Waals surface area contributed by atoms with E-state index >= 15 is 0 Å². The maximum Gasteiger partial charge on any atom is 0.143 e. The average Bonchev–Trinajstić information content (AvgIpc) is 3.63. The highest BCUT2D eigenvalue weighted by atomic mass is 16.5. The van der Waals surface area contributed by atoms with Crippen LogP contribution in [-0.2, 0) is 12.1 Å². The predicted molar refractivity (Wildman–Crippen MR) is 174 cm³/mol. The molecule has 4 aromatic carbocycles. The predicted octanol–water partition coefficient (Wildman–Crippen LogP) is 9.24. The standard InChI is InChI=1S/C37H31N5O/c1-37(2,3)25-17-18-38-35(21-25)42-33-14-7-4-11-29(33)30-16-15-28(23-34(30)42)43-27-10-8-9-26(22-27)41-24-40-20-19-39-36(40)31-12-5-6-13-32(31)41/h4-23H,24H2,1-3H3. The van der Waals surface area contributed by atoms with E-state index in [2.05, 4.69) is 131 Å². The van der Waals surface area contributed by atoms with Crippen LogP contribution >= 0.6 is 0 Å². The molecule has 0 unspecified atom stereocenters. The lowest BCUT2D eigenvalue weighted by Gasteiger charge is -2.32. The Morgan fingerprint density at radius 3 is 2.42 bits per heavy atom. The highest BCUT2D eigenvalue weighted by Gasteiger charge is 2.24. The van der Waals surface area contributed by atoms with Gasteiger partial charge in [-0.3, -0.25) is 4.57 Å². The number of pyridine rings is 1. The molecule has 7 aromatic rings. The van der Waals surface area contributed by atoms with Crippen molar-refractivity contribution in [1.82, 2.24) is 19.1 Å². The van der Waals surface area contributed by atoms with Crippen LogP contribution in [0.1, 0.15) is 26.3 Å². The molecule has 6 heteroatoms. The van der Waals surface area contributed by atoms with Crippen LogP contribution in [0.25, 0.3) is 39.0 Å². The number of nitrogens with zero attached hydrogens (tertiary/aromatic N) is 5. The van der Waals surface area contributed by atoms with Crippen molar-refractivity contribution in [1.29, 1.82) is 0 Å². The van der Waals surface area contributed by atoms with Crippen LogP contribution < -0.4 is 9.64 Å². The lowest BCUT2D eigenvalue weighted by molar-refractivity contribution is 0.483. The minimum atomic E-state index is 0.0179. The summed E-state index contributed by atoms with van der Waals surface area (Å²) in [4.78, 5) is 11.7. The van der Waals surface area contributed by atoms with Gasteiger partial charge in [0.05, 0.1) is 16.7 Å². The first-order chi connectivity index (χ1) is 20.9. The lowest BCUT2D eigenvalue weighted by Crippen LogP contribution is -2.25. The van der Waals surface area contributed by atoms with Crippen LogP contribution in [0.2, 0.25) is 0 Å². The van der Waals surface area contributed by atoms with Crippen molar-refractivity contribution in [2.75, 3.05) is 4.90 Å². The van der Waals surface area contributed by atoms with Crippen LogP contribution in [0.3, 0.4) is 0 Å². The number of imidazole rings is 1. The zero-order valence-electron chi connectivity index (χ0n) is 24.4. The molecule has 0 amide bonds. The van der Waals surface area contributed by atoms with Gasteiger partial charge in [0.1, 0.15) is 29.8 Å². The number of benzene rings is 4. The van der Waals surface area contributed by atoms with Gasteiger partial charge in [-0.2, -0.15) is 0 Å². The summed E-state index contributed by atoms with van der Waals surface area (Å²) >= 11 is 0. The van der Waals surface area contributed by atoms with Crippen molar-refractivity contribution < 1.29 is 4.74 Å². The Morgan fingerprint density at radius 1 is 0.698 bits per heavy atom. The van der Waals surface area contributed by atoms with Gasteiger partial charge in [-0.15, -0.1) is 0 Å². The zero-order chi connectivity index (χ0) is 29.1. The summed E-state index contributed by atoms with van der Waals surface area (Å²) in [5.41, 5.74) is 6.76. The molecule has 0 radical (unpaired) electrons. The van der Waals surface area contributed by atoms with Crippen LogP contribution in [0.5, 0.6) is 11.5 Å². The Hall–Kier alpha value is -5.36. The minimum absolute atomic E-state index is 0.0179. The van der Waals surface area contributed by atoms with Crippen LogP contribution in [-0.4, -0.2) is 19.1 Å². The van der Waals surface area contributed by atoms with Crippen LogP contribution in [0.15, 0.2) is 122 Å². The maximum absolute atomic E-state index is 6.55. The number of fused-ring (bicyclic) bond motifs is 6. The first-order valence-corrected chi connectivity index (χ1v) is 14.6. The third-order valence-electron chi connectivity index (χ3n) is 8.30. The van der Waals surface area contributed by atoms with Crippen molar-refractivity contribution in [3.8, 4) is 28.7 Å². The second kappa shape index (κ2) is 9.60. The molecule has 0 bridgehead atoms. The fourth-order valence-corrected chi connectivity index (χ4v) is 6.13. The molecule has 4 heterocycles. The SMILES string of the molecule is CC(C)(C)c1ccnc(-n2c3ccccc3c3ccc(Oc4cccc(N5Cn6ccnc6-c6ccccc65)c4)cc32)c1. The molecule has 0 atom stereocenters. The van der Waals surface area contributed by atoms with Crippen LogP contribution in [0, 0.1) is 0 Å². The van der Waals surface area contributed by atoms with Crippen molar-refractivity contribution in [2.45, 2.75) is 32.9 Å². The largest absolute Gasteiger partial charge is 0.457 e. The monoisotopic (exact) mass is 561 g/mol. The number of rotatable bonds is 4. The van der Waals surface area contributed by atoms with E-state index in [-0.39, 0.29) is 5.41 Å². The van der Waals surface area contributed by atoms with E-state index < -0.39 is 0 Å². The Kier molecular flexibility index (Phi) is 5.66. The molecule has 3 aromatic heterocycles. The molecule has 8 rings (SSSR count). The smallest absolute Gasteiger partial charge is 0.143 e. The number of aromatic nitrogens is 4. The third-order valence-corrected chi connectivity index (χ3v) is 8.30. The van der Waals surface area contributed by atoms with Gasteiger partial charge in [-0.1, -0.05) is 57.2 Å². The molecule has 1 aliphatic heterocycles. The molecule has 43 heavy (non-hydrogen) atoms. The van der Waals surface area contributed by atoms with E-state index in [1.54, 1.807) is 0 Å². The molecule has 1 aliphatic rings. The van der Waals surface area contributed by atoms with Gasteiger partial charge in [-0.25, -0.2) is 9.97 Å². The number of hydrogen-bond acceptors (Lipinski definition) is 4. The Morgan fingerprint density at radius 2 is 1.51 bits per heavy atom. The lowest BCUT2D eigenvalue weighted by atomic mass is 9.88. The van der Waals surface area contributed by atoms with E-state index in [0.717, 1.165) is 51.1 Å². The summed E-state index contributed by atoms with van der Waals surface area (Å²) in [5.74, 6) is 3.45. The van der Waals surface area contributed by atoms with E-state index in [1.165, 1.54) is 16.3 Å². The number of hydrogen-bond donors (Lipinski definition) is 0. The van der Waals surface area contributed by atoms with Crippen molar-refractivity contribution in [3.63, 3.8) is 0 Å². The van der Waals surface area contributed by atoms with Gasteiger partial charge in [0.2, 0.25) is 0 Å². The summed E-state index contributed by atoms with van der Waals surface area (Å²) in [6, 6.07) is 35.8. The number of ether oxygens (including phenoxy) is 1. The summed E-state index contributed by atoms with van der Waals surface area (Å²) in [5, 5.41) is 2.36.